The fourth-order valence-electron chi connectivity index (χ4n) is 3.85. The number of fused-ring (bicyclic) bond motifs is 1. The second-order valence-electron chi connectivity index (χ2n) is 6.85. The average molecular weight is 412 g/mol. The lowest BCUT2D eigenvalue weighted by Gasteiger charge is -2.32. The molecule has 1 unspecified atom stereocenters. The first-order chi connectivity index (χ1) is 14.6. The van der Waals surface area contributed by atoms with E-state index in [1.54, 1.807) is 14.0 Å². The molecule has 2 heterocycles. The Labute approximate surface area is 176 Å². The van der Waals surface area contributed by atoms with E-state index in [1.807, 2.05) is 32.3 Å². The Kier molecular flexibility index (Phi) is 6.87. The molecular weight excluding hydrogens is 384 g/mol. The van der Waals surface area contributed by atoms with Crippen LogP contribution in [0.25, 0.3) is 11.1 Å². The molecule has 2 aliphatic rings. The van der Waals surface area contributed by atoms with Gasteiger partial charge in [0.2, 0.25) is 0 Å². The summed E-state index contributed by atoms with van der Waals surface area (Å²) < 4.78 is 16.2. The molecule has 1 amide bonds. The van der Waals surface area contributed by atoms with Gasteiger partial charge in [0.25, 0.3) is 6.02 Å². The third-order valence-electron chi connectivity index (χ3n) is 5.13. The standard InChI is InChI=1S/C20H22N4O4.C2H6/c1-3-27-19(25)23-18-24-20(11-28-18)7-6-15-14(13-9-21-12-22-10-13)4-5-17(26-2)16(15)8-20;1-2/h4-5,9-10,12H,3,6-8,11H2,1-2H3,(H,23,24,25);1-2H3. The summed E-state index contributed by atoms with van der Waals surface area (Å²) in [5, 5.41) is 2.56. The van der Waals surface area contributed by atoms with Crippen molar-refractivity contribution in [2.24, 2.45) is 4.99 Å². The number of alkyl carbamates (subject to hydrolysis) is 1. The van der Waals surface area contributed by atoms with Crippen molar-refractivity contribution in [3.63, 3.8) is 0 Å². The van der Waals surface area contributed by atoms with Gasteiger partial charge >= 0.3 is 6.09 Å². The fraction of sp³-hybridized carbons (Fsp3) is 0.455. The SMILES string of the molecule is CC.CCOC(=O)NC1=NC2(CCc3c(-c4cncnc4)ccc(OC)c3C2)CO1. The molecular formula is C22H28N4O4. The highest BCUT2D eigenvalue weighted by atomic mass is 16.6. The number of amides is 1. The van der Waals surface area contributed by atoms with E-state index in [2.05, 4.69) is 26.3 Å². The predicted molar refractivity (Wildman–Crippen MR) is 114 cm³/mol. The van der Waals surface area contributed by atoms with Crippen LogP contribution in [-0.4, -0.2) is 47.9 Å². The molecule has 1 aromatic carbocycles. The summed E-state index contributed by atoms with van der Waals surface area (Å²) in [7, 11) is 1.67. The van der Waals surface area contributed by atoms with Crippen LogP contribution in [0.2, 0.25) is 0 Å². The lowest BCUT2D eigenvalue weighted by atomic mass is 9.76. The Morgan fingerprint density at radius 3 is 2.70 bits per heavy atom. The maximum Gasteiger partial charge on any atom is 0.415 e. The smallest absolute Gasteiger partial charge is 0.415 e. The van der Waals surface area contributed by atoms with Crippen LogP contribution >= 0.6 is 0 Å². The molecule has 8 heteroatoms. The Balaban J connectivity index is 0.00000124. The third kappa shape index (κ3) is 4.37. The van der Waals surface area contributed by atoms with Gasteiger partial charge in [-0.1, -0.05) is 19.9 Å². The molecule has 0 saturated carbocycles. The van der Waals surface area contributed by atoms with Crippen LogP contribution in [0.3, 0.4) is 0 Å². The van der Waals surface area contributed by atoms with Crippen LogP contribution in [0.15, 0.2) is 35.8 Å². The molecule has 0 saturated heterocycles. The second kappa shape index (κ2) is 9.56. The lowest BCUT2D eigenvalue weighted by Crippen LogP contribution is -2.36. The quantitative estimate of drug-likeness (QED) is 0.829. The minimum absolute atomic E-state index is 0.216. The summed E-state index contributed by atoms with van der Waals surface area (Å²) in [5.74, 6) is 0.830. The number of hydrogen-bond donors (Lipinski definition) is 1. The van der Waals surface area contributed by atoms with E-state index in [4.69, 9.17) is 14.2 Å². The number of aromatic nitrogens is 2. The molecule has 0 bridgehead atoms. The number of rotatable bonds is 3. The molecule has 8 nitrogen and oxygen atoms in total. The topological polar surface area (TPSA) is 94.9 Å². The van der Waals surface area contributed by atoms with Gasteiger partial charge in [-0.3, -0.25) is 0 Å². The monoisotopic (exact) mass is 412 g/mol. The van der Waals surface area contributed by atoms with Crippen molar-refractivity contribution < 1.29 is 19.0 Å². The number of aliphatic imine (C=N–C) groups is 1. The maximum absolute atomic E-state index is 11.6. The Hall–Kier alpha value is -3.16. The molecule has 1 spiro atoms. The largest absolute Gasteiger partial charge is 0.496 e. The van der Waals surface area contributed by atoms with Crippen LogP contribution in [0.5, 0.6) is 5.75 Å². The molecule has 160 valence electrons. The third-order valence-corrected chi connectivity index (χ3v) is 5.13. The molecule has 1 atom stereocenters. The number of benzene rings is 1. The van der Waals surface area contributed by atoms with Crippen molar-refractivity contribution in [1.29, 1.82) is 0 Å². The van der Waals surface area contributed by atoms with Crippen molar-refractivity contribution in [3.05, 3.63) is 42.0 Å². The van der Waals surface area contributed by atoms with E-state index in [-0.39, 0.29) is 6.02 Å². The van der Waals surface area contributed by atoms with Gasteiger partial charge in [-0.25, -0.2) is 25.1 Å². The molecule has 1 aromatic heterocycles. The number of ether oxygens (including phenoxy) is 3. The van der Waals surface area contributed by atoms with E-state index in [0.29, 0.717) is 19.6 Å². The van der Waals surface area contributed by atoms with E-state index < -0.39 is 11.6 Å². The molecule has 0 fully saturated rings. The minimum Gasteiger partial charge on any atom is -0.496 e. The summed E-state index contributed by atoms with van der Waals surface area (Å²) in [6.45, 7) is 6.45. The number of carbonyl (C=O) groups excluding carboxylic acids is 1. The number of methoxy groups -OCH3 is 1. The molecule has 30 heavy (non-hydrogen) atoms. The lowest BCUT2D eigenvalue weighted by molar-refractivity contribution is 0.154. The fourth-order valence-corrected chi connectivity index (χ4v) is 3.85. The molecule has 0 radical (unpaired) electrons. The van der Waals surface area contributed by atoms with Crippen LogP contribution in [0.4, 0.5) is 4.79 Å². The molecule has 1 aliphatic heterocycles. The zero-order valence-electron chi connectivity index (χ0n) is 17.9. The first-order valence-electron chi connectivity index (χ1n) is 10.2. The molecule has 2 aromatic rings. The zero-order chi connectivity index (χ0) is 21.6. The van der Waals surface area contributed by atoms with Gasteiger partial charge < -0.3 is 14.2 Å². The Morgan fingerprint density at radius 1 is 1.23 bits per heavy atom. The Morgan fingerprint density at radius 2 is 2.00 bits per heavy atom. The van der Waals surface area contributed by atoms with Gasteiger partial charge in [0.1, 0.15) is 24.2 Å². The summed E-state index contributed by atoms with van der Waals surface area (Å²) in [5.41, 5.74) is 4.01. The Bertz CT molecular complexity index is 917. The number of nitrogens with one attached hydrogen (secondary N) is 1. The summed E-state index contributed by atoms with van der Waals surface area (Å²) >= 11 is 0. The summed E-state index contributed by atoms with van der Waals surface area (Å²) in [6, 6.07) is 4.24. The van der Waals surface area contributed by atoms with E-state index in [1.165, 1.54) is 11.9 Å². The summed E-state index contributed by atoms with van der Waals surface area (Å²) in [4.78, 5) is 24.6. The number of hydrogen-bond acceptors (Lipinski definition) is 7. The van der Waals surface area contributed by atoms with Crippen LogP contribution in [-0.2, 0) is 22.3 Å². The van der Waals surface area contributed by atoms with Gasteiger partial charge in [-0.15, -0.1) is 0 Å². The number of nitrogens with zero attached hydrogens (tertiary/aromatic N) is 3. The average Bonchev–Trinajstić information content (AvgIpc) is 3.16. The van der Waals surface area contributed by atoms with E-state index >= 15 is 0 Å². The van der Waals surface area contributed by atoms with Crippen LogP contribution in [0, 0.1) is 0 Å². The highest BCUT2D eigenvalue weighted by Gasteiger charge is 2.42. The van der Waals surface area contributed by atoms with Gasteiger partial charge in [-0.05, 0) is 37.0 Å². The zero-order valence-corrected chi connectivity index (χ0v) is 17.9. The maximum atomic E-state index is 11.6. The molecule has 4 rings (SSSR count). The van der Waals surface area contributed by atoms with Crippen LogP contribution in [0.1, 0.15) is 38.3 Å². The highest BCUT2D eigenvalue weighted by Crippen LogP contribution is 2.42. The minimum atomic E-state index is -0.557. The second-order valence-corrected chi connectivity index (χ2v) is 6.85. The van der Waals surface area contributed by atoms with Gasteiger partial charge in [0, 0.05) is 29.9 Å². The highest BCUT2D eigenvalue weighted by molar-refractivity contribution is 5.91. The van der Waals surface area contributed by atoms with E-state index in [9.17, 15) is 4.79 Å². The van der Waals surface area contributed by atoms with Crippen molar-refractivity contribution in [2.45, 2.75) is 45.6 Å². The van der Waals surface area contributed by atoms with Crippen molar-refractivity contribution in [1.82, 2.24) is 15.3 Å². The predicted octanol–water partition coefficient (Wildman–Crippen LogP) is 3.54. The van der Waals surface area contributed by atoms with Gasteiger partial charge in [0.15, 0.2) is 0 Å². The number of amidine groups is 1. The van der Waals surface area contributed by atoms with Crippen LogP contribution < -0.4 is 10.1 Å². The molecule has 1 aliphatic carbocycles. The van der Waals surface area contributed by atoms with Crippen molar-refractivity contribution in [2.75, 3.05) is 20.3 Å². The molecule has 1 N–H and O–H groups in total. The normalized spacial score (nSPS) is 19.0. The van der Waals surface area contributed by atoms with Crippen molar-refractivity contribution >= 4 is 12.1 Å². The first-order valence-corrected chi connectivity index (χ1v) is 10.2. The number of carbonyl (C=O) groups is 1. The van der Waals surface area contributed by atoms with E-state index in [0.717, 1.165) is 35.3 Å². The summed E-state index contributed by atoms with van der Waals surface area (Å²) in [6.07, 6.45) is 6.89. The van der Waals surface area contributed by atoms with Crippen molar-refractivity contribution in [3.8, 4) is 16.9 Å². The first kappa shape index (κ1) is 21.5. The van der Waals surface area contributed by atoms with Gasteiger partial charge in [0.05, 0.1) is 13.7 Å². The van der Waals surface area contributed by atoms with Gasteiger partial charge in [-0.2, -0.15) is 0 Å².